The second kappa shape index (κ2) is 5.91. The molecule has 0 rings (SSSR count). The number of carbonyl (C=O) groups excluding carboxylic acids is 1. The van der Waals surface area contributed by atoms with Gasteiger partial charge in [0.2, 0.25) is 0 Å². The summed E-state index contributed by atoms with van der Waals surface area (Å²) in [7, 11) is 3.37. The molecule has 0 spiro atoms. The number of aliphatic carboxylic acids is 1. The van der Waals surface area contributed by atoms with Crippen LogP contribution in [-0.4, -0.2) is 30.2 Å². The smallest absolute Gasteiger partial charge is 0.320 e. The number of ether oxygens (including phenoxy) is 1. The summed E-state index contributed by atoms with van der Waals surface area (Å²) in [6.07, 6.45) is 0.334. The maximum Gasteiger partial charge on any atom is 0.320 e. The number of carboxylic acid groups (broad SMARTS) is 1. The van der Waals surface area contributed by atoms with E-state index in [1.54, 1.807) is 0 Å². The van der Waals surface area contributed by atoms with Crippen LogP contribution in [-0.2, 0) is 14.3 Å². The highest BCUT2D eigenvalue weighted by molar-refractivity contribution is 7.13. The standard InChI is InChI=1S/C6H12NO4P/c1-11-5(8)3-2-4(7-12)6(9)10/h4,7H,2-3,12H2,1H3,(H,9,10)/t4-/m0/s1. The molecule has 1 unspecified atom stereocenters. The summed E-state index contributed by atoms with van der Waals surface area (Å²) in [6, 6.07) is -0.714. The molecule has 0 bridgehead atoms. The van der Waals surface area contributed by atoms with Crippen LogP contribution in [0.25, 0.3) is 0 Å². The molecular formula is C6H12NO4P. The molecule has 0 aliphatic heterocycles. The second-order valence-corrected chi connectivity index (χ2v) is 2.51. The summed E-state index contributed by atoms with van der Waals surface area (Å²) in [5.74, 6) is -1.38. The Morgan fingerprint density at radius 2 is 2.25 bits per heavy atom. The van der Waals surface area contributed by atoms with E-state index in [4.69, 9.17) is 5.11 Å². The van der Waals surface area contributed by atoms with Crippen molar-refractivity contribution in [3.05, 3.63) is 0 Å². The molecule has 0 aliphatic carbocycles. The number of carboxylic acids is 1. The molecule has 0 aromatic rings. The highest BCUT2D eigenvalue weighted by atomic mass is 31.0. The van der Waals surface area contributed by atoms with Crippen LogP contribution in [0.4, 0.5) is 0 Å². The number of rotatable bonds is 5. The minimum atomic E-state index is -0.978. The first-order chi connectivity index (χ1) is 5.61. The lowest BCUT2D eigenvalue weighted by Crippen LogP contribution is -2.30. The molecule has 0 fully saturated rings. The fraction of sp³-hybridized carbons (Fsp3) is 0.667. The Hall–Kier alpha value is -0.670. The van der Waals surface area contributed by atoms with E-state index in [-0.39, 0.29) is 12.8 Å². The average molecular weight is 193 g/mol. The normalized spacial score (nSPS) is 12.2. The fourth-order valence-electron chi connectivity index (χ4n) is 0.642. The van der Waals surface area contributed by atoms with Gasteiger partial charge < -0.3 is 9.84 Å². The zero-order valence-corrected chi connectivity index (χ0v) is 7.90. The number of nitrogens with one attached hydrogen (secondary N) is 1. The van der Waals surface area contributed by atoms with E-state index in [2.05, 4.69) is 19.2 Å². The Bertz CT molecular complexity index is 173. The van der Waals surface area contributed by atoms with Gasteiger partial charge in [-0.05, 0) is 6.42 Å². The summed E-state index contributed by atoms with van der Waals surface area (Å²) in [4.78, 5) is 21.0. The third-order valence-corrected chi connectivity index (χ3v) is 1.77. The number of carbonyl (C=O) groups is 2. The lowest BCUT2D eigenvalue weighted by atomic mass is 10.2. The van der Waals surface area contributed by atoms with Crippen LogP contribution in [0.2, 0.25) is 0 Å². The predicted octanol–water partition coefficient (Wildman–Crippen LogP) is -0.228. The van der Waals surface area contributed by atoms with Crippen molar-refractivity contribution in [2.24, 2.45) is 0 Å². The largest absolute Gasteiger partial charge is 0.480 e. The minimum Gasteiger partial charge on any atom is -0.480 e. The third-order valence-electron chi connectivity index (χ3n) is 1.36. The van der Waals surface area contributed by atoms with Crippen molar-refractivity contribution in [2.45, 2.75) is 18.9 Å². The fourth-order valence-corrected chi connectivity index (χ4v) is 0.952. The first kappa shape index (κ1) is 11.3. The first-order valence-electron chi connectivity index (χ1n) is 3.37. The molecule has 6 heteroatoms. The molecule has 70 valence electrons. The van der Waals surface area contributed by atoms with Gasteiger partial charge in [0.1, 0.15) is 6.04 Å². The molecule has 0 aromatic heterocycles. The van der Waals surface area contributed by atoms with Gasteiger partial charge in [0.05, 0.1) is 7.11 Å². The first-order valence-corrected chi connectivity index (χ1v) is 3.95. The van der Waals surface area contributed by atoms with Gasteiger partial charge in [0, 0.05) is 6.42 Å². The van der Waals surface area contributed by atoms with Crippen LogP contribution >= 0.6 is 9.39 Å². The number of hydrogen-bond donors (Lipinski definition) is 2. The SMILES string of the molecule is COC(=O)CC[C@H](NP)C(=O)O. The van der Waals surface area contributed by atoms with E-state index >= 15 is 0 Å². The molecule has 0 saturated carbocycles. The van der Waals surface area contributed by atoms with Crippen LogP contribution in [0, 0.1) is 0 Å². The van der Waals surface area contributed by atoms with Crippen molar-refractivity contribution >= 4 is 21.3 Å². The predicted molar refractivity (Wildman–Crippen MR) is 45.5 cm³/mol. The zero-order valence-electron chi connectivity index (χ0n) is 6.74. The van der Waals surface area contributed by atoms with E-state index < -0.39 is 18.0 Å². The van der Waals surface area contributed by atoms with Crippen molar-refractivity contribution in [2.75, 3.05) is 7.11 Å². The summed E-state index contributed by atoms with van der Waals surface area (Å²) >= 11 is 0. The van der Waals surface area contributed by atoms with Crippen LogP contribution in [0.1, 0.15) is 12.8 Å². The van der Waals surface area contributed by atoms with Crippen LogP contribution in [0.5, 0.6) is 0 Å². The van der Waals surface area contributed by atoms with Gasteiger partial charge in [-0.15, -0.1) is 0 Å². The van der Waals surface area contributed by atoms with Crippen molar-refractivity contribution in [1.82, 2.24) is 5.09 Å². The maximum atomic E-state index is 10.6. The Labute approximate surface area is 72.7 Å². The van der Waals surface area contributed by atoms with Gasteiger partial charge in [-0.2, -0.15) is 0 Å². The van der Waals surface area contributed by atoms with E-state index in [1.807, 2.05) is 0 Å². The van der Waals surface area contributed by atoms with Crippen molar-refractivity contribution in [1.29, 1.82) is 0 Å². The number of methoxy groups -OCH3 is 1. The minimum absolute atomic E-state index is 0.106. The lowest BCUT2D eigenvalue weighted by molar-refractivity contribution is -0.142. The molecule has 0 aromatic carbocycles. The Morgan fingerprint density at radius 3 is 2.58 bits per heavy atom. The van der Waals surface area contributed by atoms with Crippen LogP contribution < -0.4 is 5.09 Å². The van der Waals surface area contributed by atoms with Crippen molar-refractivity contribution < 1.29 is 19.4 Å². The highest BCUT2D eigenvalue weighted by Crippen LogP contribution is 2.00. The molecule has 5 nitrogen and oxygen atoms in total. The molecule has 0 amide bonds. The molecule has 0 heterocycles. The van der Waals surface area contributed by atoms with Gasteiger partial charge in [0.15, 0.2) is 0 Å². The Morgan fingerprint density at radius 1 is 1.67 bits per heavy atom. The molecule has 0 saturated heterocycles. The number of hydrogen-bond acceptors (Lipinski definition) is 4. The van der Waals surface area contributed by atoms with E-state index in [0.29, 0.717) is 0 Å². The van der Waals surface area contributed by atoms with Gasteiger partial charge in [0.25, 0.3) is 0 Å². The van der Waals surface area contributed by atoms with Crippen LogP contribution in [0.3, 0.4) is 0 Å². The van der Waals surface area contributed by atoms with Gasteiger partial charge in [-0.25, -0.2) is 0 Å². The Kier molecular flexibility index (Phi) is 5.58. The van der Waals surface area contributed by atoms with Crippen molar-refractivity contribution in [3.8, 4) is 0 Å². The monoisotopic (exact) mass is 193 g/mol. The van der Waals surface area contributed by atoms with Gasteiger partial charge in [-0.1, -0.05) is 9.39 Å². The summed E-state index contributed by atoms with van der Waals surface area (Å²) in [5.41, 5.74) is 0. The third kappa shape index (κ3) is 4.26. The molecule has 0 aliphatic rings. The van der Waals surface area contributed by atoms with E-state index in [1.165, 1.54) is 7.11 Å². The van der Waals surface area contributed by atoms with Crippen molar-refractivity contribution in [3.63, 3.8) is 0 Å². The molecular weight excluding hydrogens is 181 g/mol. The van der Waals surface area contributed by atoms with E-state index in [9.17, 15) is 9.59 Å². The number of esters is 1. The van der Waals surface area contributed by atoms with Gasteiger partial charge in [-0.3, -0.25) is 14.7 Å². The van der Waals surface area contributed by atoms with Gasteiger partial charge >= 0.3 is 11.9 Å². The van der Waals surface area contributed by atoms with E-state index in [0.717, 1.165) is 0 Å². The summed E-state index contributed by atoms with van der Waals surface area (Å²) in [6.45, 7) is 0. The molecule has 2 N–H and O–H groups in total. The lowest BCUT2D eigenvalue weighted by Gasteiger charge is -2.08. The quantitative estimate of drug-likeness (QED) is 0.466. The highest BCUT2D eigenvalue weighted by Gasteiger charge is 2.16. The second-order valence-electron chi connectivity index (χ2n) is 2.17. The topological polar surface area (TPSA) is 75.6 Å². The summed E-state index contributed by atoms with van der Waals surface area (Å²) in [5, 5.41) is 11.0. The average Bonchev–Trinajstić information content (AvgIpc) is 2.04. The summed E-state index contributed by atoms with van der Waals surface area (Å²) < 4.78 is 4.36. The Balaban J connectivity index is 3.73. The molecule has 0 radical (unpaired) electrons. The maximum absolute atomic E-state index is 10.6. The van der Waals surface area contributed by atoms with Crippen LogP contribution in [0.15, 0.2) is 0 Å². The molecule has 2 atom stereocenters. The molecule has 12 heavy (non-hydrogen) atoms. The zero-order chi connectivity index (χ0) is 9.56.